The highest BCUT2D eigenvalue weighted by Gasteiger charge is 2.12. The molecule has 0 atom stereocenters. The summed E-state index contributed by atoms with van der Waals surface area (Å²) in [5.41, 5.74) is 5.46. The molecule has 0 unspecified atom stereocenters. The van der Waals surface area contributed by atoms with E-state index in [0.29, 0.717) is 0 Å². The van der Waals surface area contributed by atoms with Crippen LogP contribution in [0.4, 0.5) is 0 Å². The van der Waals surface area contributed by atoms with Crippen molar-refractivity contribution in [2.45, 2.75) is 13.8 Å². The van der Waals surface area contributed by atoms with Gasteiger partial charge in [0.05, 0.1) is 9.52 Å². The van der Waals surface area contributed by atoms with E-state index in [1.54, 1.807) is 10.4 Å². The first kappa shape index (κ1) is 12.2. The first-order valence-corrected chi connectivity index (χ1v) is 8.17. The van der Waals surface area contributed by atoms with E-state index in [0.717, 1.165) is 0 Å². The van der Waals surface area contributed by atoms with Gasteiger partial charge in [-0.15, -0.1) is 0 Å². The highest BCUT2D eigenvalue weighted by molar-refractivity contribution is 6.80. The standard InChI is InChI=1S/C18H18Si/c1-13-3-7-15(8-4-13)17-11-12-18(19-17)16-9-5-14(2)6-10-16/h3-12H,19H2,1-2H3. The number of hydrogen-bond donors (Lipinski definition) is 0. The molecular formula is C18H18Si. The molecule has 0 saturated heterocycles. The second-order valence-electron chi connectivity index (χ2n) is 5.29. The van der Waals surface area contributed by atoms with Crippen LogP contribution in [0.15, 0.2) is 60.7 Å². The van der Waals surface area contributed by atoms with Crippen molar-refractivity contribution in [3.63, 3.8) is 0 Å². The lowest BCUT2D eigenvalue weighted by molar-refractivity contribution is 1.46. The van der Waals surface area contributed by atoms with Gasteiger partial charge in [0.2, 0.25) is 0 Å². The Bertz CT molecular complexity index is 584. The maximum absolute atomic E-state index is 2.31. The third-order valence-electron chi connectivity index (χ3n) is 3.71. The summed E-state index contributed by atoms with van der Waals surface area (Å²) in [4.78, 5) is 0. The van der Waals surface area contributed by atoms with Gasteiger partial charge in [0, 0.05) is 0 Å². The van der Waals surface area contributed by atoms with E-state index in [1.165, 1.54) is 22.3 Å². The summed E-state index contributed by atoms with van der Waals surface area (Å²) in [6, 6.07) is 17.8. The van der Waals surface area contributed by atoms with Crippen LogP contribution in [-0.4, -0.2) is 9.52 Å². The van der Waals surface area contributed by atoms with Crippen molar-refractivity contribution >= 4 is 19.9 Å². The van der Waals surface area contributed by atoms with Gasteiger partial charge in [0.25, 0.3) is 0 Å². The number of aryl methyl sites for hydroxylation is 2. The summed E-state index contributed by atoms with van der Waals surface area (Å²) >= 11 is 0. The van der Waals surface area contributed by atoms with Crippen molar-refractivity contribution in [1.82, 2.24) is 0 Å². The van der Waals surface area contributed by atoms with Crippen molar-refractivity contribution < 1.29 is 0 Å². The second-order valence-corrected chi connectivity index (χ2v) is 7.17. The quantitative estimate of drug-likeness (QED) is 0.721. The summed E-state index contributed by atoms with van der Waals surface area (Å²) in [5.74, 6) is 0. The van der Waals surface area contributed by atoms with Crippen molar-refractivity contribution in [3.8, 4) is 0 Å². The Morgan fingerprint density at radius 3 is 1.32 bits per heavy atom. The van der Waals surface area contributed by atoms with E-state index in [-0.39, 0.29) is 9.52 Å². The molecule has 0 nitrogen and oxygen atoms in total. The van der Waals surface area contributed by atoms with Gasteiger partial charge in [-0.2, -0.15) is 0 Å². The fourth-order valence-corrected chi connectivity index (χ4v) is 4.22. The van der Waals surface area contributed by atoms with E-state index in [2.05, 4.69) is 74.5 Å². The lowest BCUT2D eigenvalue weighted by Crippen LogP contribution is -1.96. The zero-order valence-electron chi connectivity index (χ0n) is 11.5. The molecule has 0 amide bonds. The minimum absolute atomic E-state index is 0.328. The zero-order chi connectivity index (χ0) is 13.2. The van der Waals surface area contributed by atoms with Crippen LogP contribution < -0.4 is 0 Å². The number of allylic oxidation sites excluding steroid dienone is 2. The Balaban J connectivity index is 1.78. The smallest absolute Gasteiger partial charge is 0.0628 e. The monoisotopic (exact) mass is 262 g/mol. The van der Waals surface area contributed by atoms with Gasteiger partial charge in [-0.05, 0) is 25.0 Å². The van der Waals surface area contributed by atoms with Gasteiger partial charge < -0.3 is 0 Å². The van der Waals surface area contributed by atoms with Gasteiger partial charge in [0.1, 0.15) is 0 Å². The van der Waals surface area contributed by atoms with Crippen LogP contribution in [0.1, 0.15) is 22.3 Å². The molecule has 2 aromatic carbocycles. The maximum atomic E-state index is 2.31. The van der Waals surface area contributed by atoms with Gasteiger partial charge in [0.15, 0.2) is 0 Å². The average molecular weight is 262 g/mol. The van der Waals surface area contributed by atoms with Crippen LogP contribution in [-0.2, 0) is 0 Å². The molecule has 0 aliphatic carbocycles. The fraction of sp³-hybridized carbons (Fsp3) is 0.111. The largest absolute Gasteiger partial charge is 0.0890 e. The molecule has 0 aromatic heterocycles. The molecule has 0 spiro atoms. The summed E-state index contributed by atoms with van der Waals surface area (Å²) in [6.45, 7) is 4.28. The minimum Gasteiger partial charge on any atom is -0.0628 e. The highest BCUT2D eigenvalue weighted by atomic mass is 28.2. The zero-order valence-corrected chi connectivity index (χ0v) is 12.9. The van der Waals surface area contributed by atoms with Crippen LogP contribution in [0, 0.1) is 13.8 Å². The Morgan fingerprint density at radius 2 is 0.947 bits per heavy atom. The first-order chi connectivity index (χ1) is 9.22. The Kier molecular flexibility index (Phi) is 3.22. The van der Waals surface area contributed by atoms with Gasteiger partial charge in [-0.25, -0.2) is 0 Å². The van der Waals surface area contributed by atoms with Crippen molar-refractivity contribution in [3.05, 3.63) is 82.9 Å². The summed E-state index contributed by atoms with van der Waals surface area (Å²) < 4.78 is 0. The third kappa shape index (κ3) is 2.61. The van der Waals surface area contributed by atoms with Gasteiger partial charge in [-0.1, -0.05) is 82.2 Å². The van der Waals surface area contributed by atoms with E-state index in [1.807, 2.05) is 0 Å². The Hall–Kier alpha value is -1.86. The van der Waals surface area contributed by atoms with Gasteiger partial charge >= 0.3 is 0 Å². The van der Waals surface area contributed by atoms with Crippen LogP contribution in [0.2, 0.25) is 0 Å². The van der Waals surface area contributed by atoms with E-state index < -0.39 is 0 Å². The molecule has 1 aliphatic heterocycles. The number of hydrogen-bond acceptors (Lipinski definition) is 0. The molecule has 2 aromatic rings. The predicted octanol–water partition coefficient (Wildman–Crippen LogP) is 3.87. The van der Waals surface area contributed by atoms with E-state index >= 15 is 0 Å². The van der Waals surface area contributed by atoms with Crippen LogP contribution in [0.3, 0.4) is 0 Å². The van der Waals surface area contributed by atoms with Crippen molar-refractivity contribution in [2.24, 2.45) is 0 Å². The molecule has 1 heteroatoms. The Morgan fingerprint density at radius 1 is 0.579 bits per heavy atom. The Labute approximate surface area is 117 Å². The number of benzene rings is 2. The predicted molar refractivity (Wildman–Crippen MR) is 86.9 cm³/mol. The van der Waals surface area contributed by atoms with Crippen LogP contribution in [0.5, 0.6) is 0 Å². The molecule has 19 heavy (non-hydrogen) atoms. The number of rotatable bonds is 2. The van der Waals surface area contributed by atoms with Crippen LogP contribution in [0.25, 0.3) is 10.4 Å². The molecule has 1 aliphatic rings. The third-order valence-corrected chi connectivity index (χ3v) is 5.76. The first-order valence-electron chi connectivity index (χ1n) is 6.76. The van der Waals surface area contributed by atoms with E-state index in [9.17, 15) is 0 Å². The normalized spacial score (nSPS) is 14.2. The lowest BCUT2D eigenvalue weighted by Gasteiger charge is -2.06. The molecule has 94 valence electrons. The molecule has 3 rings (SSSR count). The van der Waals surface area contributed by atoms with Gasteiger partial charge in [-0.3, -0.25) is 0 Å². The molecule has 0 N–H and O–H groups in total. The summed E-state index contributed by atoms with van der Waals surface area (Å²) in [7, 11) is -0.328. The molecule has 0 radical (unpaired) electrons. The highest BCUT2D eigenvalue weighted by Crippen LogP contribution is 2.27. The molecule has 0 saturated carbocycles. The van der Waals surface area contributed by atoms with E-state index in [4.69, 9.17) is 0 Å². The van der Waals surface area contributed by atoms with Crippen molar-refractivity contribution in [2.75, 3.05) is 0 Å². The topological polar surface area (TPSA) is 0 Å². The summed E-state index contributed by atoms with van der Waals surface area (Å²) in [5, 5.41) is 3.10. The molecule has 1 heterocycles. The minimum atomic E-state index is -0.328. The second kappa shape index (κ2) is 5.02. The molecule has 0 fully saturated rings. The molecule has 0 bridgehead atoms. The average Bonchev–Trinajstić information content (AvgIpc) is 2.90. The fourth-order valence-electron chi connectivity index (χ4n) is 2.46. The lowest BCUT2D eigenvalue weighted by atomic mass is 10.1. The van der Waals surface area contributed by atoms with Crippen molar-refractivity contribution in [1.29, 1.82) is 0 Å². The molecular weight excluding hydrogens is 244 g/mol. The maximum Gasteiger partial charge on any atom is 0.0890 e. The van der Waals surface area contributed by atoms with Crippen LogP contribution >= 0.6 is 0 Å². The SMILES string of the molecule is Cc1ccc(C2=CC=C(c3ccc(C)cc3)[SiH2]2)cc1. The summed E-state index contributed by atoms with van der Waals surface area (Å²) in [6.07, 6.45) is 4.62.